The summed E-state index contributed by atoms with van der Waals surface area (Å²) in [4.78, 5) is 38.2. The van der Waals surface area contributed by atoms with Crippen molar-refractivity contribution in [2.24, 2.45) is 0 Å². The fourth-order valence-electron chi connectivity index (χ4n) is 8.56. The lowest BCUT2D eigenvalue weighted by Crippen LogP contribution is -2.30. The molecule has 0 fully saturated rings. The third-order valence-electron chi connectivity index (χ3n) is 13.1. The molecule has 396 valence electrons. The van der Waals surface area contributed by atoms with Crippen LogP contribution in [0.3, 0.4) is 0 Å². The Hall–Kier alpha value is -2.63. The molecule has 68 heavy (non-hydrogen) atoms. The topological polar surface area (TPSA) is 78.9 Å². The van der Waals surface area contributed by atoms with Gasteiger partial charge in [-0.2, -0.15) is 0 Å². The Morgan fingerprint density at radius 1 is 0.294 bits per heavy atom. The Morgan fingerprint density at radius 2 is 0.529 bits per heavy atom. The second-order valence-electron chi connectivity index (χ2n) is 19.9. The predicted molar refractivity (Wildman–Crippen MR) is 293 cm³/mol. The molecule has 0 aliphatic rings. The molecule has 0 radical (unpaired) electrons. The lowest BCUT2D eigenvalue weighted by atomic mass is 10.0. The summed E-state index contributed by atoms with van der Waals surface area (Å²) in [5, 5.41) is 0. The zero-order chi connectivity index (χ0) is 49.3. The minimum absolute atomic E-state index is 0.0759. The highest BCUT2D eigenvalue weighted by Crippen LogP contribution is 2.16. The summed E-state index contributed by atoms with van der Waals surface area (Å²) in [5.74, 6) is -0.876. The van der Waals surface area contributed by atoms with Crippen LogP contribution in [0.15, 0.2) is 48.6 Å². The van der Waals surface area contributed by atoms with Gasteiger partial charge in [0.2, 0.25) is 0 Å². The second kappa shape index (κ2) is 57.0. The van der Waals surface area contributed by atoms with Crippen LogP contribution in [0.4, 0.5) is 0 Å². The van der Waals surface area contributed by atoms with Gasteiger partial charge in [0.1, 0.15) is 13.2 Å². The van der Waals surface area contributed by atoms with Crippen LogP contribution in [-0.2, 0) is 28.6 Å². The number of esters is 3. The minimum Gasteiger partial charge on any atom is -0.462 e. The fraction of sp³-hybridized carbons (Fsp3) is 0.823. The molecule has 0 N–H and O–H groups in total. The average Bonchev–Trinajstić information content (AvgIpc) is 3.34. The first-order valence-corrected chi connectivity index (χ1v) is 29.6. The van der Waals surface area contributed by atoms with Gasteiger partial charge in [-0.05, 0) is 83.5 Å². The first-order valence-electron chi connectivity index (χ1n) is 29.6. The maximum absolute atomic E-state index is 12.9. The molecular weight excluding hydrogens is 841 g/mol. The smallest absolute Gasteiger partial charge is 0.306 e. The molecule has 0 spiro atoms. The highest BCUT2D eigenvalue weighted by molar-refractivity contribution is 5.71. The first-order chi connectivity index (χ1) is 33.5. The minimum atomic E-state index is -0.779. The van der Waals surface area contributed by atoms with Gasteiger partial charge in [0.05, 0.1) is 0 Å². The van der Waals surface area contributed by atoms with E-state index >= 15 is 0 Å². The van der Waals surface area contributed by atoms with E-state index < -0.39 is 6.10 Å². The van der Waals surface area contributed by atoms with E-state index in [0.717, 1.165) is 83.5 Å². The van der Waals surface area contributed by atoms with Gasteiger partial charge >= 0.3 is 17.9 Å². The lowest BCUT2D eigenvalue weighted by molar-refractivity contribution is -0.167. The van der Waals surface area contributed by atoms with Crippen molar-refractivity contribution in [2.75, 3.05) is 13.2 Å². The molecular formula is C62H112O6. The molecule has 0 aliphatic heterocycles. The molecule has 0 amide bonds. The van der Waals surface area contributed by atoms with Crippen molar-refractivity contribution in [2.45, 2.75) is 316 Å². The maximum atomic E-state index is 12.9. The summed E-state index contributed by atoms with van der Waals surface area (Å²) < 4.78 is 16.9. The summed E-state index contributed by atoms with van der Waals surface area (Å²) in [5.41, 5.74) is 0. The quantitative estimate of drug-likeness (QED) is 0.0262. The van der Waals surface area contributed by atoms with E-state index in [-0.39, 0.29) is 31.1 Å². The normalized spacial score (nSPS) is 12.3. The standard InChI is InChI=1S/C62H112O6/c1-4-7-10-13-16-19-22-25-28-30-32-34-37-40-43-46-49-52-55-61(64)67-58-59(57-66-60(63)54-51-48-45-42-39-36-27-24-21-18-15-12-9-6-3)68-62(65)56-53-50-47-44-41-38-35-33-31-29-26-23-20-17-14-11-8-5-2/h19-20,22-23,28-31,59H,4-18,21,24-27,32-58H2,1-3H3/b22-19-,23-20-,30-28-,31-29-. The fourth-order valence-corrected chi connectivity index (χ4v) is 8.56. The number of allylic oxidation sites excluding steroid dienone is 8. The Morgan fingerprint density at radius 3 is 0.824 bits per heavy atom. The SMILES string of the molecule is CCCCCC/C=C\C/C=C\CCCCCCCCCC(=O)OCC(COC(=O)CCCCCCCCCCCCCCCC)OC(=O)CCCCCCCCC/C=C\C/C=C\CCCCCC. The maximum Gasteiger partial charge on any atom is 0.306 e. The van der Waals surface area contributed by atoms with E-state index in [1.165, 1.54) is 186 Å². The molecule has 0 saturated heterocycles. The van der Waals surface area contributed by atoms with Gasteiger partial charge in [0.15, 0.2) is 6.10 Å². The molecule has 0 aromatic heterocycles. The van der Waals surface area contributed by atoms with Crippen molar-refractivity contribution in [3.05, 3.63) is 48.6 Å². The molecule has 0 bridgehead atoms. The molecule has 6 nitrogen and oxygen atoms in total. The van der Waals surface area contributed by atoms with Crippen LogP contribution < -0.4 is 0 Å². The number of rotatable bonds is 54. The number of carbonyl (C=O) groups excluding carboxylic acids is 3. The third-order valence-corrected chi connectivity index (χ3v) is 13.1. The van der Waals surface area contributed by atoms with Crippen molar-refractivity contribution in [3.63, 3.8) is 0 Å². The summed E-state index contributed by atoms with van der Waals surface area (Å²) in [6.07, 6.45) is 69.5. The van der Waals surface area contributed by atoms with Crippen LogP contribution in [0.1, 0.15) is 310 Å². The van der Waals surface area contributed by atoms with Gasteiger partial charge in [-0.25, -0.2) is 0 Å². The van der Waals surface area contributed by atoms with Crippen molar-refractivity contribution < 1.29 is 28.6 Å². The molecule has 1 atom stereocenters. The zero-order valence-corrected chi connectivity index (χ0v) is 45.4. The summed E-state index contributed by atoms with van der Waals surface area (Å²) >= 11 is 0. The molecule has 0 heterocycles. The highest BCUT2D eigenvalue weighted by atomic mass is 16.6. The predicted octanol–water partition coefficient (Wildman–Crippen LogP) is 19.8. The van der Waals surface area contributed by atoms with E-state index in [2.05, 4.69) is 69.4 Å². The van der Waals surface area contributed by atoms with E-state index in [1.54, 1.807) is 0 Å². The summed E-state index contributed by atoms with van der Waals surface area (Å²) in [7, 11) is 0. The molecule has 0 saturated carbocycles. The van der Waals surface area contributed by atoms with Crippen LogP contribution in [0.5, 0.6) is 0 Å². The molecule has 0 aromatic rings. The van der Waals surface area contributed by atoms with Crippen LogP contribution in [-0.4, -0.2) is 37.2 Å². The van der Waals surface area contributed by atoms with Crippen LogP contribution in [0, 0.1) is 0 Å². The molecule has 1 unspecified atom stereocenters. The Kier molecular flexibility index (Phi) is 54.8. The van der Waals surface area contributed by atoms with Crippen LogP contribution in [0.2, 0.25) is 0 Å². The van der Waals surface area contributed by atoms with Crippen LogP contribution in [0.25, 0.3) is 0 Å². The largest absolute Gasteiger partial charge is 0.462 e. The van der Waals surface area contributed by atoms with Gasteiger partial charge < -0.3 is 14.2 Å². The van der Waals surface area contributed by atoms with E-state index in [4.69, 9.17) is 14.2 Å². The number of unbranched alkanes of at least 4 members (excludes halogenated alkanes) is 35. The molecule has 0 rings (SSSR count). The Labute approximate surface area is 422 Å². The Bertz CT molecular complexity index is 1190. The number of hydrogen-bond donors (Lipinski definition) is 0. The van der Waals surface area contributed by atoms with E-state index in [0.29, 0.717) is 19.3 Å². The number of hydrogen-bond acceptors (Lipinski definition) is 6. The molecule has 6 heteroatoms. The summed E-state index contributed by atoms with van der Waals surface area (Å²) in [6.45, 7) is 6.63. The second-order valence-corrected chi connectivity index (χ2v) is 19.9. The monoisotopic (exact) mass is 953 g/mol. The van der Waals surface area contributed by atoms with Gasteiger partial charge in [-0.3, -0.25) is 14.4 Å². The van der Waals surface area contributed by atoms with Crippen molar-refractivity contribution in [3.8, 4) is 0 Å². The number of ether oxygens (including phenoxy) is 3. The lowest BCUT2D eigenvalue weighted by Gasteiger charge is -2.18. The summed E-state index contributed by atoms with van der Waals surface area (Å²) in [6, 6.07) is 0. The van der Waals surface area contributed by atoms with E-state index in [1.807, 2.05) is 0 Å². The highest BCUT2D eigenvalue weighted by Gasteiger charge is 2.19. The van der Waals surface area contributed by atoms with Crippen LogP contribution >= 0.6 is 0 Å². The van der Waals surface area contributed by atoms with Gasteiger partial charge in [0, 0.05) is 19.3 Å². The average molecular weight is 954 g/mol. The van der Waals surface area contributed by atoms with Crippen molar-refractivity contribution in [1.82, 2.24) is 0 Å². The third kappa shape index (κ3) is 54.3. The molecule has 0 aliphatic carbocycles. The zero-order valence-electron chi connectivity index (χ0n) is 45.4. The van der Waals surface area contributed by atoms with Gasteiger partial charge in [0.25, 0.3) is 0 Å². The van der Waals surface area contributed by atoms with Crippen molar-refractivity contribution in [1.29, 1.82) is 0 Å². The molecule has 0 aromatic carbocycles. The van der Waals surface area contributed by atoms with E-state index in [9.17, 15) is 14.4 Å². The van der Waals surface area contributed by atoms with Crippen molar-refractivity contribution >= 4 is 17.9 Å². The number of carbonyl (C=O) groups is 3. The van der Waals surface area contributed by atoms with Gasteiger partial charge in [-0.15, -0.1) is 0 Å². The Balaban J connectivity index is 4.37. The first kappa shape index (κ1) is 65.4. The van der Waals surface area contributed by atoms with Gasteiger partial charge in [-0.1, -0.05) is 256 Å².